The van der Waals surface area contributed by atoms with Crippen molar-refractivity contribution >= 4 is 11.6 Å². The van der Waals surface area contributed by atoms with Gasteiger partial charge in [-0.05, 0) is 0 Å². The van der Waals surface area contributed by atoms with Gasteiger partial charge < -0.3 is 10.6 Å². The molecule has 1 aromatic carbocycles. The van der Waals surface area contributed by atoms with E-state index in [0.29, 0.717) is 5.15 Å². The van der Waals surface area contributed by atoms with Gasteiger partial charge in [0.2, 0.25) is 0 Å². The molecule has 0 radical (unpaired) electrons. The van der Waals surface area contributed by atoms with Crippen LogP contribution in [0, 0.1) is 0 Å². The number of aromatic nitrogens is 2. The van der Waals surface area contributed by atoms with Gasteiger partial charge in [-0.25, -0.2) is 4.98 Å². The van der Waals surface area contributed by atoms with E-state index in [9.17, 15) is 0 Å². The third-order valence-electron chi connectivity index (χ3n) is 2.66. The lowest BCUT2D eigenvalue weighted by Gasteiger charge is -2.11. The number of nitrogens with one attached hydrogen (secondary N) is 2. The fourth-order valence-electron chi connectivity index (χ4n) is 1.71. The highest BCUT2D eigenvalue weighted by Gasteiger charge is 2.03. The van der Waals surface area contributed by atoms with Crippen molar-refractivity contribution < 1.29 is 0 Å². The Bertz CT molecular complexity index is 474. The first kappa shape index (κ1) is 13.9. The molecule has 0 amide bonds. The van der Waals surface area contributed by atoms with Crippen LogP contribution in [0.4, 0.5) is 0 Å². The maximum absolute atomic E-state index is 5.89. The summed E-state index contributed by atoms with van der Waals surface area (Å²) in [4.78, 5) is 8.11. The molecule has 0 bridgehead atoms. The molecule has 5 heteroatoms. The fourth-order valence-corrected chi connectivity index (χ4v) is 1.93. The lowest BCUT2D eigenvalue weighted by molar-refractivity contribution is 0.534. The van der Waals surface area contributed by atoms with Crippen LogP contribution in [-0.4, -0.2) is 36.1 Å². The number of hydrogen-bond acceptors (Lipinski definition) is 4. The molecule has 0 atom stereocenters. The van der Waals surface area contributed by atoms with Crippen molar-refractivity contribution in [3.8, 4) is 11.3 Å². The third kappa shape index (κ3) is 4.59. The summed E-state index contributed by atoms with van der Waals surface area (Å²) < 4.78 is 0. The van der Waals surface area contributed by atoms with Crippen LogP contribution in [0.5, 0.6) is 0 Å². The largest absolute Gasteiger partial charge is 0.314 e. The summed E-state index contributed by atoms with van der Waals surface area (Å²) in [6.07, 6.45) is 3.21. The summed E-state index contributed by atoms with van der Waals surface area (Å²) in [5.74, 6) is 0. The minimum absolute atomic E-state index is 0.439. The molecule has 0 aliphatic carbocycles. The van der Waals surface area contributed by atoms with Gasteiger partial charge in [0.15, 0.2) is 5.15 Å². The van der Waals surface area contributed by atoms with Crippen LogP contribution in [0.25, 0.3) is 11.3 Å². The van der Waals surface area contributed by atoms with Gasteiger partial charge in [0.1, 0.15) is 5.69 Å². The quantitative estimate of drug-likeness (QED) is 0.836. The second-order valence-electron chi connectivity index (χ2n) is 4.06. The number of hydrogen-bond donors (Lipinski definition) is 2. The van der Waals surface area contributed by atoms with Gasteiger partial charge in [0.25, 0.3) is 0 Å². The highest BCUT2D eigenvalue weighted by atomic mass is 35.5. The zero-order valence-electron chi connectivity index (χ0n) is 10.6. The van der Waals surface area contributed by atoms with Crippen LogP contribution >= 0.6 is 11.6 Å². The summed E-state index contributed by atoms with van der Waals surface area (Å²) in [6.45, 7) is 4.56. The molecule has 1 fully saturated rings. The molecule has 0 spiro atoms. The number of rotatable bonds is 1. The van der Waals surface area contributed by atoms with E-state index in [1.165, 1.54) is 0 Å². The van der Waals surface area contributed by atoms with Crippen molar-refractivity contribution in [1.29, 1.82) is 0 Å². The van der Waals surface area contributed by atoms with E-state index in [2.05, 4.69) is 20.6 Å². The van der Waals surface area contributed by atoms with Crippen LogP contribution < -0.4 is 10.6 Å². The smallest absolute Gasteiger partial charge is 0.155 e. The maximum Gasteiger partial charge on any atom is 0.155 e. The average molecular weight is 277 g/mol. The molecule has 0 saturated carbocycles. The summed E-state index contributed by atoms with van der Waals surface area (Å²) in [5.41, 5.74) is 1.71. The zero-order chi connectivity index (χ0) is 13.3. The Morgan fingerprint density at radius 1 is 0.842 bits per heavy atom. The molecule has 1 saturated heterocycles. The van der Waals surface area contributed by atoms with Gasteiger partial charge in [-0.3, -0.25) is 4.98 Å². The molecule has 19 heavy (non-hydrogen) atoms. The number of benzene rings is 1. The van der Waals surface area contributed by atoms with Crippen LogP contribution in [0.2, 0.25) is 5.15 Å². The van der Waals surface area contributed by atoms with Crippen molar-refractivity contribution in [1.82, 2.24) is 20.6 Å². The van der Waals surface area contributed by atoms with Gasteiger partial charge in [0.05, 0.1) is 0 Å². The van der Waals surface area contributed by atoms with E-state index in [0.717, 1.165) is 37.4 Å². The SMILES string of the molecule is C1CNCCN1.Clc1nccnc1-c1ccccc1. The fraction of sp³-hybridized carbons (Fsp3) is 0.286. The van der Waals surface area contributed by atoms with Gasteiger partial charge in [-0.1, -0.05) is 41.9 Å². The predicted octanol–water partition coefficient (Wildman–Crippen LogP) is 1.98. The Hall–Kier alpha value is -1.49. The molecule has 1 aliphatic heterocycles. The normalized spacial score (nSPS) is 14.4. The first-order chi connectivity index (χ1) is 9.38. The number of nitrogens with zero attached hydrogens (tertiary/aromatic N) is 2. The predicted molar refractivity (Wildman–Crippen MR) is 78.2 cm³/mol. The third-order valence-corrected chi connectivity index (χ3v) is 2.93. The Morgan fingerprint density at radius 2 is 1.42 bits per heavy atom. The highest BCUT2D eigenvalue weighted by molar-refractivity contribution is 6.31. The molecule has 2 aromatic rings. The summed E-state index contributed by atoms with van der Waals surface area (Å²) >= 11 is 5.89. The van der Waals surface area contributed by atoms with E-state index in [4.69, 9.17) is 11.6 Å². The van der Waals surface area contributed by atoms with Crippen LogP contribution in [0.1, 0.15) is 0 Å². The molecular formula is C14H17ClN4. The van der Waals surface area contributed by atoms with E-state index >= 15 is 0 Å². The molecule has 2 heterocycles. The van der Waals surface area contributed by atoms with Gasteiger partial charge in [0, 0.05) is 44.1 Å². The molecule has 3 rings (SSSR count). The Balaban J connectivity index is 0.000000186. The lowest BCUT2D eigenvalue weighted by atomic mass is 10.2. The molecule has 4 nitrogen and oxygen atoms in total. The minimum Gasteiger partial charge on any atom is -0.314 e. The van der Waals surface area contributed by atoms with Crippen molar-refractivity contribution in [2.24, 2.45) is 0 Å². The van der Waals surface area contributed by atoms with Gasteiger partial charge in [-0.2, -0.15) is 0 Å². The molecule has 1 aliphatic rings. The van der Waals surface area contributed by atoms with Crippen molar-refractivity contribution in [3.05, 3.63) is 47.9 Å². The van der Waals surface area contributed by atoms with Crippen molar-refractivity contribution in [3.63, 3.8) is 0 Å². The summed E-state index contributed by atoms with van der Waals surface area (Å²) in [6, 6.07) is 9.75. The maximum atomic E-state index is 5.89. The monoisotopic (exact) mass is 276 g/mol. The van der Waals surface area contributed by atoms with E-state index < -0.39 is 0 Å². The van der Waals surface area contributed by atoms with Gasteiger partial charge in [-0.15, -0.1) is 0 Å². The van der Waals surface area contributed by atoms with E-state index in [1.807, 2.05) is 30.3 Å². The number of piperazine rings is 1. The highest BCUT2D eigenvalue weighted by Crippen LogP contribution is 2.22. The first-order valence-corrected chi connectivity index (χ1v) is 6.69. The molecule has 100 valence electrons. The topological polar surface area (TPSA) is 49.8 Å². The second-order valence-corrected chi connectivity index (χ2v) is 4.42. The molecule has 0 unspecified atom stereocenters. The number of halogens is 1. The summed E-state index contributed by atoms with van der Waals surface area (Å²) in [7, 11) is 0. The second kappa shape index (κ2) is 7.84. The van der Waals surface area contributed by atoms with E-state index in [-0.39, 0.29) is 0 Å². The lowest BCUT2D eigenvalue weighted by Crippen LogP contribution is -2.39. The van der Waals surface area contributed by atoms with Crippen LogP contribution in [0.3, 0.4) is 0 Å². The summed E-state index contributed by atoms with van der Waals surface area (Å²) in [5, 5.41) is 6.88. The van der Waals surface area contributed by atoms with Crippen molar-refractivity contribution in [2.75, 3.05) is 26.2 Å². The molecular weight excluding hydrogens is 260 g/mol. The Labute approximate surface area is 118 Å². The van der Waals surface area contributed by atoms with E-state index in [1.54, 1.807) is 12.4 Å². The average Bonchev–Trinajstić information content (AvgIpc) is 2.51. The minimum atomic E-state index is 0.439. The molecule has 1 aromatic heterocycles. The van der Waals surface area contributed by atoms with Crippen LogP contribution in [-0.2, 0) is 0 Å². The molecule has 2 N–H and O–H groups in total. The van der Waals surface area contributed by atoms with Crippen LogP contribution in [0.15, 0.2) is 42.7 Å². The van der Waals surface area contributed by atoms with Gasteiger partial charge >= 0.3 is 0 Å². The first-order valence-electron chi connectivity index (χ1n) is 6.31. The van der Waals surface area contributed by atoms with Crippen molar-refractivity contribution in [2.45, 2.75) is 0 Å². The Morgan fingerprint density at radius 3 is 1.95 bits per heavy atom. The standard InChI is InChI=1S/C10H7ClN2.C4H10N2/c11-10-9(12-6-7-13-10)8-4-2-1-3-5-8;1-2-6-4-3-5-1/h1-7H;5-6H,1-4H2. The Kier molecular flexibility index (Phi) is 5.75. The zero-order valence-corrected chi connectivity index (χ0v) is 11.4.